The average molecular weight is 544 g/mol. The summed E-state index contributed by atoms with van der Waals surface area (Å²) in [6.45, 7) is 8.38. The van der Waals surface area contributed by atoms with Crippen molar-refractivity contribution in [3.8, 4) is 17.2 Å². The second-order valence-electron chi connectivity index (χ2n) is 9.73. The average Bonchev–Trinajstić information content (AvgIpc) is 3.72. The van der Waals surface area contributed by atoms with Crippen LogP contribution in [-0.4, -0.2) is 67.7 Å². The molecule has 2 aliphatic rings. The predicted octanol–water partition coefficient (Wildman–Crippen LogP) is 4.71. The molecule has 2 aliphatic heterocycles. The molecular weight excluding hydrogens is 506 g/mol. The molecule has 2 aromatic carbocycles. The number of para-hydroxylation sites is 1. The van der Waals surface area contributed by atoms with E-state index >= 15 is 0 Å². The minimum absolute atomic E-state index is 0.363. The van der Waals surface area contributed by atoms with Crippen LogP contribution >= 0.6 is 0 Å². The normalized spacial score (nSPS) is 15.0. The Balaban J connectivity index is 1.20. The van der Waals surface area contributed by atoms with E-state index in [4.69, 9.17) is 19.2 Å². The second kappa shape index (κ2) is 13.6. The van der Waals surface area contributed by atoms with Crippen molar-refractivity contribution in [3.63, 3.8) is 0 Å². The number of benzene rings is 2. The summed E-state index contributed by atoms with van der Waals surface area (Å²) in [4.78, 5) is 18.5. The molecule has 3 heterocycles. The maximum Gasteiger partial charge on any atom is 0.250 e. The lowest BCUT2D eigenvalue weighted by Crippen LogP contribution is -2.25. The van der Waals surface area contributed by atoms with Gasteiger partial charge in [-0.25, -0.2) is 5.43 Å². The Morgan fingerprint density at radius 1 is 0.850 bits per heavy atom. The summed E-state index contributed by atoms with van der Waals surface area (Å²) < 4.78 is 17.4. The van der Waals surface area contributed by atoms with Crippen LogP contribution in [0.4, 0.5) is 17.8 Å². The molecule has 0 unspecified atom stereocenters. The fourth-order valence-corrected chi connectivity index (χ4v) is 4.83. The van der Waals surface area contributed by atoms with Gasteiger partial charge in [-0.3, -0.25) is 0 Å². The Morgan fingerprint density at radius 3 is 2.15 bits per heavy atom. The molecule has 0 spiro atoms. The third kappa shape index (κ3) is 6.99. The van der Waals surface area contributed by atoms with E-state index in [1.807, 2.05) is 48.5 Å². The number of hydrazone groups is 1. The first kappa shape index (κ1) is 27.2. The van der Waals surface area contributed by atoms with Crippen LogP contribution in [0.1, 0.15) is 36.8 Å². The minimum Gasteiger partial charge on any atom is -0.493 e. The molecule has 210 valence electrons. The van der Waals surface area contributed by atoms with Crippen molar-refractivity contribution in [2.45, 2.75) is 32.1 Å². The summed E-state index contributed by atoms with van der Waals surface area (Å²) in [5.74, 6) is 3.94. The van der Waals surface area contributed by atoms with E-state index in [0.29, 0.717) is 48.3 Å². The van der Waals surface area contributed by atoms with Crippen LogP contribution < -0.4 is 29.4 Å². The van der Waals surface area contributed by atoms with Crippen molar-refractivity contribution in [2.24, 2.45) is 5.10 Å². The summed E-state index contributed by atoms with van der Waals surface area (Å²) in [7, 11) is 1.64. The Morgan fingerprint density at radius 2 is 1.50 bits per heavy atom. The molecule has 0 bridgehead atoms. The van der Waals surface area contributed by atoms with Gasteiger partial charge in [0.1, 0.15) is 19.0 Å². The molecule has 10 heteroatoms. The summed E-state index contributed by atoms with van der Waals surface area (Å²) in [5.41, 5.74) is 4.96. The van der Waals surface area contributed by atoms with Gasteiger partial charge in [-0.05, 0) is 61.9 Å². The molecule has 3 aromatic rings. The maximum absolute atomic E-state index is 6.02. The van der Waals surface area contributed by atoms with E-state index in [9.17, 15) is 0 Å². The Kier molecular flexibility index (Phi) is 9.29. The molecular formula is C30H37N7O3. The number of methoxy groups -OCH3 is 1. The molecule has 1 N–H and O–H groups in total. The standard InChI is InChI=1S/C30H37N7O3/c1-3-10-23-13-14-26(27(21-23)38-2)40-20-19-39-25-12-5-4-11-24(25)22-31-35-28-32-29(36-15-6-7-16-36)34-30(33-28)37-17-8-9-18-37/h3-5,11-14,21-22H,1,6-10,15-20H2,2H3,(H,32,33,34,35)/b31-22+. The number of anilines is 3. The summed E-state index contributed by atoms with van der Waals surface area (Å²) in [5, 5.41) is 4.43. The van der Waals surface area contributed by atoms with Gasteiger partial charge >= 0.3 is 0 Å². The highest BCUT2D eigenvalue weighted by Gasteiger charge is 2.21. The SMILES string of the molecule is C=CCc1ccc(OCCOc2ccccc2/C=N/Nc2nc(N3CCCC3)nc(N3CCCC3)n2)c(OC)c1. The topological polar surface area (TPSA) is 97.2 Å². The van der Waals surface area contributed by atoms with Gasteiger partial charge in [0, 0.05) is 31.7 Å². The zero-order valence-electron chi connectivity index (χ0n) is 23.1. The Bertz CT molecular complexity index is 1270. The number of rotatable bonds is 13. The van der Waals surface area contributed by atoms with Crippen molar-refractivity contribution < 1.29 is 14.2 Å². The molecule has 1 aromatic heterocycles. The Labute approximate surface area is 235 Å². The van der Waals surface area contributed by atoms with E-state index in [1.54, 1.807) is 13.3 Å². The summed E-state index contributed by atoms with van der Waals surface area (Å²) >= 11 is 0. The third-order valence-corrected chi connectivity index (χ3v) is 6.88. The van der Waals surface area contributed by atoms with Crippen LogP contribution in [0.15, 0.2) is 60.2 Å². The lowest BCUT2D eigenvalue weighted by molar-refractivity contribution is 0.211. The van der Waals surface area contributed by atoms with E-state index in [1.165, 1.54) is 0 Å². The van der Waals surface area contributed by atoms with E-state index < -0.39 is 0 Å². The number of allylic oxidation sites excluding steroid dienone is 1. The third-order valence-electron chi connectivity index (χ3n) is 6.88. The molecule has 0 atom stereocenters. The van der Waals surface area contributed by atoms with Gasteiger partial charge in [-0.2, -0.15) is 20.1 Å². The van der Waals surface area contributed by atoms with Gasteiger partial charge < -0.3 is 24.0 Å². The number of nitrogens with one attached hydrogen (secondary N) is 1. The highest BCUT2D eigenvalue weighted by molar-refractivity contribution is 5.83. The zero-order valence-corrected chi connectivity index (χ0v) is 23.1. The number of ether oxygens (including phenoxy) is 3. The first-order valence-corrected chi connectivity index (χ1v) is 13.9. The highest BCUT2D eigenvalue weighted by atomic mass is 16.5. The van der Waals surface area contributed by atoms with Gasteiger partial charge in [-0.1, -0.05) is 24.3 Å². The quantitative estimate of drug-likeness (QED) is 0.142. The molecule has 10 nitrogen and oxygen atoms in total. The van der Waals surface area contributed by atoms with Gasteiger partial charge in [-0.15, -0.1) is 6.58 Å². The number of hydrogen-bond donors (Lipinski definition) is 1. The number of hydrogen-bond acceptors (Lipinski definition) is 10. The van der Waals surface area contributed by atoms with E-state index in [0.717, 1.165) is 69.4 Å². The Hall–Kier alpha value is -4.34. The maximum atomic E-state index is 6.02. The molecule has 0 aliphatic carbocycles. The first-order chi connectivity index (χ1) is 19.7. The van der Waals surface area contributed by atoms with Crippen molar-refractivity contribution in [2.75, 3.05) is 61.7 Å². The zero-order chi connectivity index (χ0) is 27.6. The fourth-order valence-electron chi connectivity index (χ4n) is 4.83. The second-order valence-corrected chi connectivity index (χ2v) is 9.73. The molecule has 0 saturated carbocycles. The van der Waals surface area contributed by atoms with Gasteiger partial charge in [0.05, 0.1) is 13.3 Å². The molecule has 0 radical (unpaired) electrons. The van der Waals surface area contributed by atoms with E-state index in [2.05, 4.69) is 36.9 Å². The van der Waals surface area contributed by atoms with Crippen LogP contribution in [0, 0.1) is 0 Å². The fraction of sp³-hybridized carbons (Fsp3) is 0.400. The summed E-state index contributed by atoms with van der Waals surface area (Å²) in [6, 6.07) is 13.6. The summed E-state index contributed by atoms with van der Waals surface area (Å²) in [6.07, 6.45) is 8.98. The van der Waals surface area contributed by atoms with Crippen LogP contribution in [0.25, 0.3) is 0 Å². The molecule has 2 saturated heterocycles. The highest BCUT2D eigenvalue weighted by Crippen LogP contribution is 2.28. The van der Waals surface area contributed by atoms with E-state index in [-0.39, 0.29) is 0 Å². The van der Waals surface area contributed by atoms with Crippen LogP contribution in [0.3, 0.4) is 0 Å². The largest absolute Gasteiger partial charge is 0.493 e. The van der Waals surface area contributed by atoms with Crippen LogP contribution in [-0.2, 0) is 6.42 Å². The van der Waals surface area contributed by atoms with Gasteiger partial charge in [0.2, 0.25) is 17.8 Å². The van der Waals surface area contributed by atoms with Crippen molar-refractivity contribution in [1.82, 2.24) is 15.0 Å². The molecule has 40 heavy (non-hydrogen) atoms. The minimum atomic E-state index is 0.363. The van der Waals surface area contributed by atoms with Gasteiger partial charge in [0.15, 0.2) is 11.5 Å². The molecule has 5 rings (SSSR count). The molecule has 2 fully saturated rings. The smallest absolute Gasteiger partial charge is 0.250 e. The number of aromatic nitrogens is 3. The first-order valence-electron chi connectivity index (χ1n) is 13.9. The lowest BCUT2D eigenvalue weighted by atomic mass is 10.1. The number of nitrogens with zero attached hydrogens (tertiary/aromatic N) is 6. The van der Waals surface area contributed by atoms with Crippen molar-refractivity contribution in [3.05, 3.63) is 66.2 Å². The van der Waals surface area contributed by atoms with Gasteiger partial charge in [0.25, 0.3) is 0 Å². The van der Waals surface area contributed by atoms with Crippen LogP contribution in [0.2, 0.25) is 0 Å². The lowest BCUT2D eigenvalue weighted by Gasteiger charge is -2.20. The van der Waals surface area contributed by atoms with Crippen molar-refractivity contribution >= 4 is 24.1 Å². The monoisotopic (exact) mass is 543 g/mol. The predicted molar refractivity (Wildman–Crippen MR) is 158 cm³/mol. The van der Waals surface area contributed by atoms with Crippen LogP contribution in [0.5, 0.6) is 17.2 Å². The van der Waals surface area contributed by atoms with Crippen molar-refractivity contribution in [1.29, 1.82) is 0 Å². The molecule has 0 amide bonds.